The summed E-state index contributed by atoms with van der Waals surface area (Å²) in [5, 5.41) is 4.70. The van der Waals surface area contributed by atoms with Crippen LogP contribution in [-0.4, -0.2) is 70.0 Å². The molecular weight excluding hydrogens is 426 g/mol. The number of piperazine rings is 1. The minimum atomic E-state index is -3.44. The molecule has 164 valence electrons. The summed E-state index contributed by atoms with van der Waals surface area (Å²) in [5.41, 5.74) is 0.903. The predicted octanol–water partition coefficient (Wildman–Crippen LogP) is 1.78. The van der Waals surface area contributed by atoms with Gasteiger partial charge in [-0.1, -0.05) is 12.1 Å². The molecule has 1 N–H and O–H groups in total. The second-order valence-electron chi connectivity index (χ2n) is 6.96. The van der Waals surface area contributed by atoms with Gasteiger partial charge in [0.25, 0.3) is 10.0 Å². The van der Waals surface area contributed by atoms with Crippen LogP contribution in [0.2, 0.25) is 0 Å². The number of sulfonamides is 1. The van der Waals surface area contributed by atoms with E-state index >= 15 is 0 Å². The Morgan fingerprint density at radius 3 is 2.43 bits per heavy atom. The van der Waals surface area contributed by atoms with Gasteiger partial charge in [-0.05, 0) is 36.1 Å². The Balaban J connectivity index is 1.52. The van der Waals surface area contributed by atoms with Crippen molar-refractivity contribution < 1.29 is 22.7 Å². The normalized spacial score (nSPS) is 16.8. The van der Waals surface area contributed by atoms with Gasteiger partial charge in [0, 0.05) is 32.7 Å². The molecule has 0 bridgehead atoms. The molecule has 1 fully saturated rings. The lowest BCUT2D eigenvalue weighted by Gasteiger charge is -2.36. The number of amides is 1. The fourth-order valence-electron chi connectivity index (χ4n) is 3.36. The lowest BCUT2D eigenvalue weighted by molar-refractivity contribution is -0.126. The van der Waals surface area contributed by atoms with Gasteiger partial charge in [0.2, 0.25) is 5.91 Å². The molecule has 1 aliphatic rings. The zero-order valence-electron chi connectivity index (χ0n) is 17.3. The lowest BCUT2D eigenvalue weighted by Crippen LogP contribution is -2.54. The Labute approximate surface area is 181 Å². The van der Waals surface area contributed by atoms with Gasteiger partial charge in [-0.25, -0.2) is 8.42 Å². The summed E-state index contributed by atoms with van der Waals surface area (Å²) in [4.78, 5) is 14.6. The SMILES string of the molecule is COc1ccc(CNC(=O)C(C)N2CCN(S(=O)(=O)c3cccs3)CC2)cc1OC. The number of nitrogens with zero attached hydrogens (tertiary/aromatic N) is 2. The van der Waals surface area contributed by atoms with Crippen molar-refractivity contribution in [1.29, 1.82) is 0 Å². The lowest BCUT2D eigenvalue weighted by atomic mass is 10.2. The second kappa shape index (κ2) is 9.78. The predicted molar refractivity (Wildman–Crippen MR) is 116 cm³/mol. The third kappa shape index (κ3) is 4.94. The topological polar surface area (TPSA) is 88.2 Å². The number of ether oxygens (including phenoxy) is 2. The largest absolute Gasteiger partial charge is 0.493 e. The van der Waals surface area contributed by atoms with Crippen LogP contribution in [0.4, 0.5) is 0 Å². The Bertz CT molecular complexity index is 955. The number of thiophene rings is 1. The molecule has 1 aliphatic heterocycles. The minimum absolute atomic E-state index is 0.0978. The number of benzene rings is 1. The molecule has 0 aliphatic carbocycles. The van der Waals surface area contributed by atoms with Crippen LogP contribution >= 0.6 is 11.3 Å². The fourth-order valence-corrected chi connectivity index (χ4v) is 5.93. The number of carbonyl (C=O) groups excluding carboxylic acids is 1. The Hall–Kier alpha value is -2.14. The van der Waals surface area contributed by atoms with Crippen molar-refractivity contribution in [2.75, 3.05) is 40.4 Å². The maximum Gasteiger partial charge on any atom is 0.252 e. The number of nitrogens with one attached hydrogen (secondary N) is 1. The molecule has 8 nitrogen and oxygen atoms in total. The molecule has 1 unspecified atom stereocenters. The maximum atomic E-state index is 12.6. The van der Waals surface area contributed by atoms with Crippen molar-refractivity contribution in [2.24, 2.45) is 0 Å². The summed E-state index contributed by atoms with van der Waals surface area (Å²) in [7, 11) is -0.298. The molecule has 30 heavy (non-hydrogen) atoms. The smallest absolute Gasteiger partial charge is 0.252 e. The van der Waals surface area contributed by atoms with Crippen LogP contribution < -0.4 is 14.8 Å². The highest BCUT2D eigenvalue weighted by molar-refractivity contribution is 7.91. The number of hydrogen-bond donors (Lipinski definition) is 1. The number of rotatable bonds is 8. The van der Waals surface area contributed by atoms with Gasteiger partial charge in [-0.3, -0.25) is 9.69 Å². The van der Waals surface area contributed by atoms with E-state index in [-0.39, 0.29) is 11.9 Å². The van der Waals surface area contributed by atoms with Crippen LogP contribution in [-0.2, 0) is 21.4 Å². The molecule has 0 radical (unpaired) electrons. The van der Waals surface area contributed by atoms with Gasteiger partial charge < -0.3 is 14.8 Å². The van der Waals surface area contributed by atoms with E-state index in [0.29, 0.717) is 48.4 Å². The van der Waals surface area contributed by atoms with Crippen LogP contribution in [0.25, 0.3) is 0 Å². The Kier molecular flexibility index (Phi) is 7.35. The van der Waals surface area contributed by atoms with Crippen LogP contribution in [0.5, 0.6) is 11.5 Å². The molecule has 1 atom stereocenters. The molecule has 1 saturated heterocycles. The van der Waals surface area contributed by atoms with E-state index in [1.54, 1.807) is 37.8 Å². The zero-order valence-corrected chi connectivity index (χ0v) is 19.0. The van der Waals surface area contributed by atoms with E-state index in [4.69, 9.17) is 9.47 Å². The highest BCUT2D eigenvalue weighted by Gasteiger charge is 2.32. The molecule has 0 saturated carbocycles. The van der Waals surface area contributed by atoms with E-state index in [1.165, 1.54) is 15.6 Å². The van der Waals surface area contributed by atoms with E-state index < -0.39 is 10.0 Å². The summed E-state index contributed by atoms with van der Waals surface area (Å²) in [6, 6.07) is 8.52. The third-order valence-corrected chi connectivity index (χ3v) is 8.48. The molecule has 2 heterocycles. The first-order valence-electron chi connectivity index (χ1n) is 9.63. The average molecular weight is 454 g/mol. The van der Waals surface area contributed by atoms with Crippen LogP contribution in [0.15, 0.2) is 39.9 Å². The van der Waals surface area contributed by atoms with Crippen molar-refractivity contribution in [2.45, 2.75) is 23.7 Å². The monoisotopic (exact) mass is 453 g/mol. The van der Waals surface area contributed by atoms with Gasteiger partial charge in [-0.2, -0.15) is 4.31 Å². The summed E-state index contributed by atoms with van der Waals surface area (Å²) < 4.78 is 37.6. The van der Waals surface area contributed by atoms with Gasteiger partial charge in [0.05, 0.1) is 20.3 Å². The first-order chi connectivity index (χ1) is 14.4. The second-order valence-corrected chi connectivity index (χ2v) is 10.1. The quantitative estimate of drug-likeness (QED) is 0.656. The van der Waals surface area contributed by atoms with Crippen molar-refractivity contribution >= 4 is 27.3 Å². The van der Waals surface area contributed by atoms with E-state index in [1.807, 2.05) is 24.0 Å². The summed E-state index contributed by atoms with van der Waals surface area (Å²) >= 11 is 1.22. The summed E-state index contributed by atoms with van der Waals surface area (Å²) in [6.07, 6.45) is 0. The molecule has 0 spiro atoms. The van der Waals surface area contributed by atoms with Gasteiger partial charge in [0.1, 0.15) is 4.21 Å². The van der Waals surface area contributed by atoms with E-state index in [2.05, 4.69) is 5.32 Å². The van der Waals surface area contributed by atoms with Gasteiger partial charge in [-0.15, -0.1) is 11.3 Å². The van der Waals surface area contributed by atoms with E-state index in [0.717, 1.165) is 5.56 Å². The molecule has 3 rings (SSSR count). The Morgan fingerprint density at radius 2 is 1.83 bits per heavy atom. The van der Waals surface area contributed by atoms with Gasteiger partial charge >= 0.3 is 0 Å². The van der Waals surface area contributed by atoms with Crippen LogP contribution in [0.1, 0.15) is 12.5 Å². The highest BCUT2D eigenvalue weighted by atomic mass is 32.2. The number of carbonyl (C=O) groups is 1. The maximum absolute atomic E-state index is 12.6. The van der Waals surface area contributed by atoms with E-state index in [9.17, 15) is 13.2 Å². The standard InChI is InChI=1S/C20H27N3O5S2/c1-15(20(24)21-14-16-6-7-17(27-2)18(13-16)28-3)22-8-10-23(11-9-22)30(25,26)19-5-4-12-29-19/h4-7,12-13,15H,8-11,14H2,1-3H3,(H,21,24). The van der Waals surface area contributed by atoms with Gasteiger partial charge in [0.15, 0.2) is 11.5 Å². The Morgan fingerprint density at radius 1 is 1.13 bits per heavy atom. The van der Waals surface area contributed by atoms with Crippen molar-refractivity contribution in [3.8, 4) is 11.5 Å². The molecule has 1 aromatic carbocycles. The fraction of sp³-hybridized carbons (Fsp3) is 0.450. The van der Waals surface area contributed by atoms with Crippen molar-refractivity contribution in [3.63, 3.8) is 0 Å². The molecular formula is C20H27N3O5S2. The van der Waals surface area contributed by atoms with Crippen LogP contribution in [0, 0.1) is 0 Å². The summed E-state index contributed by atoms with van der Waals surface area (Å²) in [5.74, 6) is 1.15. The first kappa shape index (κ1) is 22.5. The first-order valence-corrected chi connectivity index (χ1v) is 11.9. The number of methoxy groups -OCH3 is 2. The van der Waals surface area contributed by atoms with Crippen molar-refractivity contribution in [3.05, 3.63) is 41.3 Å². The minimum Gasteiger partial charge on any atom is -0.493 e. The third-order valence-electron chi connectivity index (χ3n) is 5.20. The average Bonchev–Trinajstić information content (AvgIpc) is 3.32. The van der Waals surface area contributed by atoms with Crippen molar-refractivity contribution in [1.82, 2.24) is 14.5 Å². The highest BCUT2D eigenvalue weighted by Crippen LogP contribution is 2.27. The molecule has 2 aromatic rings. The molecule has 1 amide bonds. The number of hydrogen-bond acceptors (Lipinski definition) is 7. The van der Waals surface area contributed by atoms with Crippen LogP contribution in [0.3, 0.4) is 0 Å². The summed E-state index contributed by atoms with van der Waals surface area (Å²) in [6.45, 7) is 3.97. The molecule has 1 aromatic heterocycles. The zero-order chi connectivity index (χ0) is 21.7. The molecule has 10 heteroatoms.